The molecule has 0 aliphatic carbocycles. The first-order valence-corrected chi connectivity index (χ1v) is 9.63. The van der Waals surface area contributed by atoms with Gasteiger partial charge >= 0.3 is 0 Å². The zero-order valence-electron chi connectivity index (χ0n) is 15.8. The molecular formula is C20H28N4O2. The summed E-state index contributed by atoms with van der Waals surface area (Å²) >= 11 is 0. The van der Waals surface area contributed by atoms with Crippen LogP contribution in [-0.2, 0) is 13.6 Å². The van der Waals surface area contributed by atoms with Crippen molar-refractivity contribution in [1.29, 1.82) is 0 Å². The van der Waals surface area contributed by atoms with E-state index in [1.807, 2.05) is 18.7 Å². The number of hydrogen-bond donors (Lipinski definition) is 0. The molecule has 2 aliphatic heterocycles. The van der Waals surface area contributed by atoms with Gasteiger partial charge in [-0.1, -0.05) is 0 Å². The largest absolute Gasteiger partial charge is 0.472 e. The molecule has 6 heteroatoms. The minimum Gasteiger partial charge on any atom is -0.472 e. The van der Waals surface area contributed by atoms with E-state index in [-0.39, 0.29) is 11.4 Å². The number of nitrogens with zero attached hydrogens (tertiary/aromatic N) is 4. The normalized spacial score (nSPS) is 24.3. The van der Waals surface area contributed by atoms with Gasteiger partial charge in [0, 0.05) is 32.2 Å². The summed E-state index contributed by atoms with van der Waals surface area (Å²) in [6.07, 6.45) is 8.65. The molecule has 0 aromatic carbocycles. The quantitative estimate of drug-likeness (QED) is 0.848. The van der Waals surface area contributed by atoms with E-state index in [0.717, 1.165) is 64.0 Å². The molecule has 0 N–H and O–H groups in total. The van der Waals surface area contributed by atoms with Gasteiger partial charge in [-0.25, -0.2) is 0 Å². The lowest BCUT2D eigenvalue weighted by Gasteiger charge is -2.38. The molecular weight excluding hydrogens is 328 g/mol. The second-order valence-corrected chi connectivity index (χ2v) is 7.83. The number of rotatable bonds is 3. The topological polar surface area (TPSA) is 54.5 Å². The van der Waals surface area contributed by atoms with E-state index in [0.29, 0.717) is 5.56 Å². The molecule has 1 amide bonds. The predicted molar refractivity (Wildman–Crippen MR) is 98.8 cm³/mol. The van der Waals surface area contributed by atoms with Crippen molar-refractivity contribution in [3.63, 3.8) is 0 Å². The zero-order chi connectivity index (χ0) is 18.1. The van der Waals surface area contributed by atoms with Gasteiger partial charge in [-0.15, -0.1) is 0 Å². The molecule has 2 fully saturated rings. The highest BCUT2D eigenvalue weighted by Gasteiger charge is 2.44. The van der Waals surface area contributed by atoms with E-state index < -0.39 is 0 Å². The highest BCUT2D eigenvalue weighted by molar-refractivity contribution is 5.94. The fraction of sp³-hybridized carbons (Fsp3) is 0.600. The maximum absolute atomic E-state index is 13.0. The van der Waals surface area contributed by atoms with Crippen LogP contribution in [0.1, 0.15) is 53.8 Å². The van der Waals surface area contributed by atoms with Crippen LogP contribution in [0.2, 0.25) is 0 Å². The third-order valence-corrected chi connectivity index (χ3v) is 6.10. The summed E-state index contributed by atoms with van der Waals surface area (Å²) in [5, 5.41) is 4.46. The smallest absolute Gasteiger partial charge is 0.257 e. The number of carbonyl (C=O) groups is 1. The van der Waals surface area contributed by atoms with Crippen LogP contribution < -0.4 is 0 Å². The minimum absolute atomic E-state index is 0.0193. The molecule has 2 saturated heterocycles. The van der Waals surface area contributed by atoms with Gasteiger partial charge < -0.3 is 9.32 Å². The Morgan fingerprint density at radius 1 is 1.23 bits per heavy atom. The Bertz CT molecular complexity index is 767. The first-order valence-electron chi connectivity index (χ1n) is 9.63. The van der Waals surface area contributed by atoms with E-state index in [1.54, 1.807) is 18.6 Å². The molecule has 0 unspecified atom stereocenters. The number of likely N-dealkylation sites (tertiary alicyclic amines) is 2. The number of aromatic nitrogens is 2. The molecule has 1 atom stereocenters. The summed E-state index contributed by atoms with van der Waals surface area (Å²) in [4.78, 5) is 17.6. The molecule has 2 aromatic heterocycles. The third-order valence-electron chi connectivity index (χ3n) is 6.10. The van der Waals surface area contributed by atoms with Crippen LogP contribution >= 0.6 is 0 Å². The van der Waals surface area contributed by atoms with Gasteiger partial charge in [-0.05, 0) is 57.7 Å². The minimum atomic E-state index is 0.0193. The number of furan rings is 1. The first-order chi connectivity index (χ1) is 12.6. The lowest BCUT2D eigenvalue weighted by Crippen LogP contribution is -2.47. The molecule has 0 saturated carbocycles. The van der Waals surface area contributed by atoms with E-state index in [9.17, 15) is 4.79 Å². The molecule has 26 heavy (non-hydrogen) atoms. The zero-order valence-corrected chi connectivity index (χ0v) is 15.8. The van der Waals surface area contributed by atoms with Crippen molar-refractivity contribution in [3.05, 3.63) is 41.6 Å². The highest BCUT2D eigenvalue weighted by atomic mass is 16.3. The lowest BCUT2D eigenvalue weighted by atomic mass is 9.87. The molecule has 0 bridgehead atoms. The van der Waals surface area contributed by atoms with E-state index in [2.05, 4.69) is 21.0 Å². The Labute approximate surface area is 154 Å². The van der Waals surface area contributed by atoms with Crippen LogP contribution in [0, 0.1) is 6.92 Å². The van der Waals surface area contributed by atoms with Crippen LogP contribution in [0.3, 0.4) is 0 Å². The second-order valence-electron chi connectivity index (χ2n) is 7.83. The molecule has 4 rings (SSSR count). The van der Waals surface area contributed by atoms with E-state index in [4.69, 9.17) is 4.42 Å². The van der Waals surface area contributed by atoms with Crippen LogP contribution in [0.25, 0.3) is 0 Å². The van der Waals surface area contributed by atoms with Crippen LogP contribution in [-0.4, -0.2) is 50.7 Å². The van der Waals surface area contributed by atoms with Gasteiger partial charge in [-0.2, -0.15) is 5.10 Å². The van der Waals surface area contributed by atoms with Crippen LogP contribution in [0.4, 0.5) is 0 Å². The maximum Gasteiger partial charge on any atom is 0.257 e. The molecule has 6 nitrogen and oxygen atoms in total. The molecule has 140 valence electrons. The average molecular weight is 356 g/mol. The maximum atomic E-state index is 13.0. The summed E-state index contributed by atoms with van der Waals surface area (Å²) in [6.45, 7) is 5.95. The summed E-state index contributed by atoms with van der Waals surface area (Å²) in [6, 6.07) is 3.95. The van der Waals surface area contributed by atoms with Gasteiger partial charge in [0.2, 0.25) is 0 Å². The number of carbonyl (C=O) groups excluding carboxylic acids is 1. The average Bonchev–Trinajstić information content (AvgIpc) is 3.30. The van der Waals surface area contributed by atoms with E-state index in [1.165, 1.54) is 5.69 Å². The summed E-state index contributed by atoms with van der Waals surface area (Å²) in [5.74, 6) is 0.131. The summed E-state index contributed by atoms with van der Waals surface area (Å²) < 4.78 is 7.11. The lowest BCUT2D eigenvalue weighted by molar-refractivity contribution is 0.0557. The third kappa shape index (κ3) is 3.18. The van der Waals surface area contributed by atoms with Gasteiger partial charge in [-0.3, -0.25) is 14.4 Å². The summed E-state index contributed by atoms with van der Waals surface area (Å²) in [7, 11) is 2.02. The Hall–Kier alpha value is -2.08. The Morgan fingerprint density at radius 2 is 2.04 bits per heavy atom. The van der Waals surface area contributed by atoms with Crippen molar-refractivity contribution in [2.45, 2.75) is 51.1 Å². The molecule has 2 aromatic rings. The van der Waals surface area contributed by atoms with Crippen molar-refractivity contribution in [2.75, 3.05) is 19.6 Å². The molecule has 4 heterocycles. The predicted octanol–water partition coefficient (Wildman–Crippen LogP) is 2.98. The van der Waals surface area contributed by atoms with Crippen molar-refractivity contribution < 1.29 is 9.21 Å². The Kier molecular flexibility index (Phi) is 4.61. The Balaban J connectivity index is 1.46. The van der Waals surface area contributed by atoms with Crippen molar-refractivity contribution in [1.82, 2.24) is 19.6 Å². The van der Waals surface area contributed by atoms with Gasteiger partial charge in [0.15, 0.2) is 0 Å². The molecule has 0 radical (unpaired) electrons. The van der Waals surface area contributed by atoms with E-state index >= 15 is 0 Å². The Morgan fingerprint density at radius 3 is 2.73 bits per heavy atom. The van der Waals surface area contributed by atoms with Crippen LogP contribution in [0.15, 0.2) is 29.1 Å². The van der Waals surface area contributed by atoms with Gasteiger partial charge in [0.1, 0.15) is 6.26 Å². The molecule has 1 spiro atoms. The van der Waals surface area contributed by atoms with Crippen LogP contribution in [0.5, 0.6) is 0 Å². The highest BCUT2D eigenvalue weighted by Crippen LogP contribution is 2.39. The second kappa shape index (κ2) is 6.91. The fourth-order valence-electron chi connectivity index (χ4n) is 4.75. The number of hydrogen-bond acceptors (Lipinski definition) is 4. The standard InChI is InChI=1S/C20H28N4O2/c1-16-13-18(22(2)21-16)14-23-9-3-6-20(8-11-23)7-4-10-24(20)19(25)17-5-12-26-15-17/h5,12-13,15H,3-4,6-11,14H2,1-2H3/t20-/m0/s1. The number of aryl methyl sites for hydroxylation is 2. The van der Waals surface area contributed by atoms with Gasteiger partial charge in [0.05, 0.1) is 23.2 Å². The van der Waals surface area contributed by atoms with Crippen molar-refractivity contribution in [3.8, 4) is 0 Å². The fourth-order valence-corrected chi connectivity index (χ4v) is 4.75. The van der Waals surface area contributed by atoms with Gasteiger partial charge in [0.25, 0.3) is 5.91 Å². The van der Waals surface area contributed by atoms with Crippen molar-refractivity contribution >= 4 is 5.91 Å². The molecule has 2 aliphatic rings. The van der Waals surface area contributed by atoms with Crippen molar-refractivity contribution in [2.24, 2.45) is 7.05 Å². The SMILES string of the molecule is Cc1cc(CN2CCC[C@]3(CCCN3C(=O)c3ccoc3)CC2)n(C)n1. The number of amides is 1. The monoisotopic (exact) mass is 356 g/mol. The first kappa shape index (κ1) is 17.3. The summed E-state index contributed by atoms with van der Waals surface area (Å²) in [5.41, 5.74) is 3.03.